The van der Waals surface area contributed by atoms with Crippen molar-refractivity contribution in [2.24, 2.45) is 0 Å². The molecule has 8 heteroatoms. The lowest BCUT2D eigenvalue weighted by Crippen LogP contribution is -2.46. The molecule has 0 aliphatic carbocycles. The number of aryl methyl sites for hydroxylation is 1. The predicted molar refractivity (Wildman–Crippen MR) is 83.9 cm³/mol. The van der Waals surface area contributed by atoms with E-state index < -0.39 is 0 Å². The van der Waals surface area contributed by atoms with Crippen LogP contribution >= 0.6 is 23.2 Å². The Morgan fingerprint density at radius 1 is 1.36 bits per heavy atom. The molecule has 0 radical (unpaired) electrons. The minimum atomic E-state index is 0.0843. The van der Waals surface area contributed by atoms with E-state index in [-0.39, 0.29) is 6.04 Å². The van der Waals surface area contributed by atoms with Crippen LogP contribution < -0.4 is 0 Å². The lowest BCUT2D eigenvalue weighted by atomic mass is 10.1. The topological polar surface area (TPSA) is 58.3 Å². The quantitative estimate of drug-likeness (QED) is 0.855. The Balaban J connectivity index is 1.73. The Morgan fingerprint density at radius 2 is 2.18 bits per heavy atom. The number of halogens is 2. The van der Waals surface area contributed by atoms with Crippen LogP contribution in [0.1, 0.15) is 23.5 Å². The number of piperazine rings is 1. The van der Waals surface area contributed by atoms with Crippen LogP contribution in [0.2, 0.25) is 10.0 Å². The Hall–Kier alpha value is -1.21. The molecule has 118 valence electrons. The van der Waals surface area contributed by atoms with Crippen molar-refractivity contribution >= 4 is 23.2 Å². The van der Waals surface area contributed by atoms with Gasteiger partial charge in [0.1, 0.15) is 6.04 Å². The monoisotopic (exact) mass is 341 g/mol. The molecule has 22 heavy (non-hydrogen) atoms. The second-order valence-corrected chi connectivity index (χ2v) is 6.34. The number of rotatable bonds is 3. The largest absolute Gasteiger partial charge is 0.338 e. The van der Waals surface area contributed by atoms with Gasteiger partial charge in [-0.2, -0.15) is 4.98 Å². The molecule has 1 aliphatic rings. The summed E-state index contributed by atoms with van der Waals surface area (Å²) in [6.45, 7) is 5.13. The summed E-state index contributed by atoms with van der Waals surface area (Å²) in [4.78, 5) is 13.2. The fourth-order valence-electron chi connectivity index (χ4n) is 2.56. The van der Waals surface area contributed by atoms with Gasteiger partial charge in [-0.05, 0) is 20.0 Å². The summed E-state index contributed by atoms with van der Waals surface area (Å²) in [5, 5.41) is 5.02. The number of aromatic nitrogens is 3. The minimum Gasteiger partial charge on any atom is -0.338 e. The highest BCUT2D eigenvalue weighted by molar-refractivity contribution is 6.34. The number of hydrogen-bond acceptors (Lipinski definition) is 6. The number of hydrogen-bond donors (Lipinski definition) is 0. The lowest BCUT2D eigenvalue weighted by molar-refractivity contribution is 0.0707. The van der Waals surface area contributed by atoms with E-state index in [1.165, 1.54) is 0 Å². The van der Waals surface area contributed by atoms with Gasteiger partial charge in [0.15, 0.2) is 5.82 Å². The Bertz CT molecular complexity index is 662. The van der Waals surface area contributed by atoms with E-state index in [0.717, 1.165) is 25.3 Å². The maximum absolute atomic E-state index is 6.21. The first-order valence-electron chi connectivity index (χ1n) is 7.05. The molecular weight excluding hydrogens is 325 g/mol. The van der Waals surface area contributed by atoms with Gasteiger partial charge in [-0.25, -0.2) is 0 Å². The van der Waals surface area contributed by atoms with Crippen molar-refractivity contribution in [2.75, 3.05) is 26.7 Å². The normalized spacial score (nSPS) is 20.5. The van der Waals surface area contributed by atoms with Crippen LogP contribution in [0.25, 0.3) is 0 Å². The van der Waals surface area contributed by atoms with Crippen LogP contribution in [0.4, 0.5) is 0 Å². The molecule has 0 unspecified atom stereocenters. The summed E-state index contributed by atoms with van der Waals surface area (Å²) in [5.41, 5.74) is 0.830. The Morgan fingerprint density at radius 3 is 2.86 bits per heavy atom. The fraction of sp³-hybridized carbons (Fsp3) is 0.500. The summed E-state index contributed by atoms with van der Waals surface area (Å²) in [6.07, 6.45) is 1.62. The molecule has 0 amide bonds. The molecule has 1 fully saturated rings. The summed E-state index contributed by atoms with van der Waals surface area (Å²) in [6, 6.07) is 1.81. The summed E-state index contributed by atoms with van der Waals surface area (Å²) in [7, 11) is 2.06. The van der Waals surface area contributed by atoms with Crippen LogP contribution in [0.3, 0.4) is 0 Å². The highest BCUT2D eigenvalue weighted by atomic mass is 35.5. The average molecular weight is 342 g/mol. The van der Waals surface area contributed by atoms with Gasteiger partial charge in [-0.15, -0.1) is 0 Å². The summed E-state index contributed by atoms with van der Waals surface area (Å²) in [5.74, 6) is 1.31. The van der Waals surface area contributed by atoms with Gasteiger partial charge >= 0.3 is 0 Å². The number of nitrogens with zero attached hydrogens (tertiary/aromatic N) is 5. The smallest absolute Gasteiger partial charge is 0.245 e. The van der Waals surface area contributed by atoms with E-state index in [1.807, 2.05) is 6.92 Å². The Kier molecular flexibility index (Phi) is 4.63. The minimum absolute atomic E-state index is 0.0843. The fourth-order valence-corrected chi connectivity index (χ4v) is 3.00. The van der Waals surface area contributed by atoms with Crippen LogP contribution in [0.15, 0.2) is 16.8 Å². The third-order valence-corrected chi connectivity index (χ3v) is 4.35. The maximum atomic E-state index is 6.21. The van der Waals surface area contributed by atoms with Gasteiger partial charge in [-0.1, -0.05) is 28.4 Å². The molecule has 1 saturated heterocycles. The molecule has 1 atom stereocenters. The highest BCUT2D eigenvalue weighted by Gasteiger charge is 2.30. The Labute approximate surface area is 139 Å². The molecule has 2 aromatic heterocycles. The first-order valence-corrected chi connectivity index (χ1v) is 7.81. The van der Waals surface area contributed by atoms with Crippen molar-refractivity contribution < 1.29 is 4.52 Å². The van der Waals surface area contributed by atoms with Crippen molar-refractivity contribution in [3.05, 3.63) is 39.7 Å². The van der Waals surface area contributed by atoms with Crippen molar-refractivity contribution in [1.82, 2.24) is 24.9 Å². The van der Waals surface area contributed by atoms with Crippen molar-refractivity contribution in [2.45, 2.75) is 19.5 Å². The molecule has 0 spiro atoms. The second kappa shape index (κ2) is 6.50. The van der Waals surface area contributed by atoms with Crippen molar-refractivity contribution in [3.63, 3.8) is 0 Å². The highest BCUT2D eigenvalue weighted by Crippen LogP contribution is 2.25. The molecule has 0 aromatic carbocycles. The predicted octanol–water partition coefficient (Wildman–Crippen LogP) is 2.57. The third kappa shape index (κ3) is 3.41. The molecule has 2 aromatic rings. The molecule has 0 N–H and O–H groups in total. The average Bonchev–Trinajstić information content (AvgIpc) is 2.90. The van der Waals surface area contributed by atoms with E-state index in [2.05, 4.69) is 32.0 Å². The third-order valence-electron chi connectivity index (χ3n) is 3.82. The van der Waals surface area contributed by atoms with Gasteiger partial charge < -0.3 is 4.52 Å². The standard InChI is InChI=1S/C14H17Cl2N5O/c1-9-18-14(22-19-9)13-8-21(4-3-20(13)2)7-12-11(16)5-10(15)6-17-12/h5-6,13H,3-4,7-8H2,1-2H3/t13-/m1/s1. The lowest BCUT2D eigenvalue weighted by Gasteiger charge is -2.37. The first-order chi connectivity index (χ1) is 10.5. The molecule has 3 rings (SSSR count). The van der Waals surface area contributed by atoms with Crippen LogP contribution in [-0.4, -0.2) is 51.6 Å². The zero-order valence-electron chi connectivity index (χ0n) is 12.5. The van der Waals surface area contributed by atoms with E-state index in [1.54, 1.807) is 12.3 Å². The molecule has 1 aliphatic heterocycles. The zero-order valence-corrected chi connectivity index (χ0v) is 14.0. The molecule has 3 heterocycles. The van der Waals surface area contributed by atoms with Gasteiger partial charge in [0.05, 0.1) is 15.7 Å². The second-order valence-electron chi connectivity index (χ2n) is 5.49. The van der Waals surface area contributed by atoms with Crippen molar-refractivity contribution in [3.8, 4) is 0 Å². The summed E-state index contributed by atoms with van der Waals surface area (Å²) >= 11 is 12.1. The van der Waals surface area contributed by atoms with E-state index in [0.29, 0.717) is 28.3 Å². The van der Waals surface area contributed by atoms with Crippen molar-refractivity contribution in [1.29, 1.82) is 0 Å². The van der Waals surface area contributed by atoms with Gasteiger partial charge in [-0.3, -0.25) is 14.8 Å². The maximum Gasteiger partial charge on any atom is 0.245 e. The first kappa shape index (κ1) is 15.7. The van der Waals surface area contributed by atoms with Gasteiger partial charge in [0.25, 0.3) is 0 Å². The number of likely N-dealkylation sites (N-methyl/N-ethyl adjacent to an activating group) is 1. The van der Waals surface area contributed by atoms with Gasteiger partial charge in [0, 0.05) is 32.4 Å². The van der Waals surface area contributed by atoms with Crippen LogP contribution in [0.5, 0.6) is 0 Å². The van der Waals surface area contributed by atoms with Crippen LogP contribution in [0, 0.1) is 6.92 Å². The summed E-state index contributed by atoms with van der Waals surface area (Å²) < 4.78 is 5.32. The zero-order chi connectivity index (χ0) is 15.7. The number of pyridine rings is 1. The van der Waals surface area contributed by atoms with Gasteiger partial charge in [0.2, 0.25) is 5.89 Å². The van der Waals surface area contributed by atoms with E-state index in [4.69, 9.17) is 27.7 Å². The molecular formula is C14H17Cl2N5O. The SMILES string of the molecule is Cc1noc([C@H]2CN(Cc3ncc(Cl)cc3Cl)CCN2C)n1. The van der Waals surface area contributed by atoms with Crippen LogP contribution in [-0.2, 0) is 6.54 Å². The van der Waals surface area contributed by atoms with E-state index in [9.17, 15) is 0 Å². The molecule has 0 bridgehead atoms. The van der Waals surface area contributed by atoms with E-state index >= 15 is 0 Å². The molecule has 0 saturated carbocycles. The molecule has 6 nitrogen and oxygen atoms in total.